The summed E-state index contributed by atoms with van der Waals surface area (Å²) in [7, 11) is 5.25. The van der Waals surface area contributed by atoms with Crippen LogP contribution in [0, 0.1) is 5.92 Å². The van der Waals surface area contributed by atoms with E-state index in [0.29, 0.717) is 6.61 Å². The lowest BCUT2D eigenvalue weighted by atomic mass is 9.95. The van der Waals surface area contributed by atoms with E-state index in [4.69, 9.17) is 4.74 Å². The van der Waals surface area contributed by atoms with Crippen molar-refractivity contribution in [3.05, 3.63) is 34.3 Å². The van der Waals surface area contributed by atoms with E-state index in [2.05, 4.69) is 22.0 Å². The van der Waals surface area contributed by atoms with Gasteiger partial charge in [0.1, 0.15) is 0 Å². The van der Waals surface area contributed by atoms with Crippen LogP contribution in [0.3, 0.4) is 0 Å². The van der Waals surface area contributed by atoms with Gasteiger partial charge in [-0.2, -0.15) is 0 Å². The maximum absolute atomic E-state index is 12.1. The minimum atomic E-state index is -0.0192. The second kappa shape index (κ2) is 7.54. The zero-order valence-corrected chi connectivity index (χ0v) is 12.7. The lowest BCUT2D eigenvalue weighted by Gasteiger charge is -2.20. The first kappa shape index (κ1) is 15.2. The SMILES string of the molecule is COCC[C@@H](Cc1cccc(Br)c1)C(=O)N(C)C. The number of nitrogens with zero attached hydrogens (tertiary/aromatic N) is 1. The van der Waals surface area contributed by atoms with Crippen LogP contribution in [0.2, 0.25) is 0 Å². The fourth-order valence-corrected chi connectivity index (χ4v) is 2.33. The molecule has 0 radical (unpaired) electrons. The molecular weight excluding hydrogens is 294 g/mol. The van der Waals surface area contributed by atoms with Crippen LogP contribution in [0.1, 0.15) is 12.0 Å². The predicted molar refractivity (Wildman–Crippen MR) is 76.5 cm³/mol. The number of halogens is 1. The van der Waals surface area contributed by atoms with Crippen LogP contribution in [-0.2, 0) is 16.0 Å². The standard InChI is InChI=1S/C14H20BrNO2/c1-16(2)14(17)12(7-8-18-3)9-11-5-4-6-13(15)10-11/h4-6,10,12H,7-9H2,1-3H3/t12-/m0/s1. The molecule has 1 rings (SSSR count). The molecule has 0 saturated heterocycles. The molecule has 0 aliphatic heterocycles. The van der Waals surface area contributed by atoms with Crippen LogP contribution in [0.15, 0.2) is 28.7 Å². The fourth-order valence-electron chi connectivity index (χ4n) is 1.89. The third kappa shape index (κ3) is 4.78. The normalized spacial score (nSPS) is 12.2. The van der Waals surface area contributed by atoms with E-state index < -0.39 is 0 Å². The first-order chi connectivity index (χ1) is 8.54. The third-order valence-corrected chi connectivity index (χ3v) is 3.32. The van der Waals surface area contributed by atoms with Gasteiger partial charge in [-0.15, -0.1) is 0 Å². The van der Waals surface area contributed by atoms with Crippen molar-refractivity contribution in [1.29, 1.82) is 0 Å². The zero-order valence-electron chi connectivity index (χ0n) is 11.1. The van der Waals surface area contributed by atoms with E-state index in [0.717, 1.165) is 17.3 Å². The number of rotatable bonds is 6. The summed E-state index contributed by atoms with van der Waals surface area (Å²) in [5.74, 6) is 0.140. The van der Waals surface area contributed by atoms with Crippen LogP contribution in [0.4, 0.5) is 0 Å². The van der Waals surface area contributed by atoms with Crippen molar-refractivity contribution < 1.29 is 9.53 Å². The van der Waals surface area contributed by atoms with E-state index in [1.54, 1.807) is 26.1 Å². The molecule has 4 heteroatoms. The van der Waals surface area contributed by atoms with Gasteiger partial charge in [-0.1, -0.05) is 28.1 Å². The number of methoxy groups -OCH3 is 1. The largest absolute Gasteiger partial charge is 0.385 e. The van der Waals surface area contributed by atoms with Gasteiger partial charge in [-0.3, -0.25) is 4.79 Å². The summed E-state index contributed by atoms with van der Waals surface area (Å²) in [5, 5.41) is 0. The molecule has 3 nitrogen and oxygen atoms in total. The highest BCUT2D eigenvalue weighted by Crippen LogP contribution is 2.18. The average molecular weight is 314 g/mol. The molecule has 1 amide bonds. The molecule has 1 atom stereocenters. The van der Waals surface area contributed by atoms with E-state index >= 15 is 0 Å². The Labute approximate surface area is 117 Å². The molecule has 0 bridgehead atoms. The molecule has 0 spiro atoms. The highest BCUT2D eigenvalue weighted by atomic mass is 79.9. The van der Waals surface area contributed by atoms with Gasteiger partial charge in [0.25, 0.3) is 0 Å². The lowest BCUT2D eigenvalue weighted by Crippen LogP contribution is -2.31. The van der Waals surface area contributed by atoms with Crippen molar-refractivity contribution >= 4 is 21.8 Å². The summed E-state index contributed by atoms with van der Waals surface area (Å²) in [5.41, 5.74) is 1.17. The summed E-state index contributed by atoms with van der Waals surface area (Å²) >= 11 is 3.45. The van der Waals surface area contributed by atoms with Gasteiger partial charge >= 0.3 is 0 Å². The number of carbonyl (C=O) groups is 1. The first-order valence-electron chi connectivity index (χ1n) is 5.99. The van der Waals surface area contributed by atoms with Crippen LogP contribution in [0.25, 0.3) is 0 Å². The smallest absolute Gasteiger partial charge is 0.225 e. The van der Waals surface area contributed by atoms with E-state index in [1.807, 2.05) is 18.2 Å². The molecule has 0 unspecified atom stereocenters. The van der Waals surface area contributed by atoms with Gasteiger partial charge in [0, 0.05) is 38.2 Å². The third-order valence-electron chi connectivity index (χ3n) is 2.83. The molecule has 18 heavy (non-hydrogen) atoms. The van der Waals surface area contributed by atoms with Gasteiger partial charge in [-0.05, 0) is 30.5 Å². The monoisotopic (exact) mass is 313 g/mol. The molecule has 0 aromatic heterocycles. The Kier molecular flexibility index (Phi) is 6.36. The van der Waals surface area contributed by atoms with Crippen LogP contribution in [0.5, 0.6) is 0 Å². The van der Waals surface area contributed by atoms with E-state index in [-0.39, 0.29) is 11.8 Å². The molecule has 0 aliphatic carbocycles. The van der Waals surface area contributed by atoms with Crippen molar-refractivity contribution in [2.45, 2.75) is 12.8 Å². The summed E-state index contributed by atoms with van der Waals surface area (Å²) < 4.78 is 6.13. The number of carbonyl (C=O) groups excluding carboxylic acids is 1. The highest BCUT2D eigenvalue weighted by molar-refractivity contribution is 9.10. The van der Waals surface area contributed by atoms with E-state index in [1.165, 1.54) is 5.56 Å². The maximum atomic E-state index is 12.1. The Balaban J connectivity index is 2.74. The second-order valence-corrected chi connectivity index (χ2v) is 5.46. The van der Waals surface area contributed by atoms with Gasteiger partial charge < -0.3 is 9.64 Å². The lowest BCUT2D eigenvalue weighted by molar-refractivity contribution is -0.133. The Morgan fingerprint density at radius 2 is 2.17 bits per heavy atom. The molecule has 100 valence electrons. The molecule has 0 fully saturated rings. The number of hydrogen-bond acceptors (Lipinski definition) is 2. The van der Waals surface area contributed by atoms with Crippen LogP contribution in [-0.4, -0.2) is 38.6 Å². The minimum Gasteiger partial charge on any atom is -0.385 e. The Bertz CT molecular complexity index is 393. The van der Waals surface area contributed by atoms with Gasteiger partial charge in [0.15, 0.2) is 0 Å². The number of hydrogen-bond donors (Lipinski definition) is 0. The molecule has 1 aromatic rings. The van der Waals surface area contributed by atoms with Crippen molar-refractivity contribution in [2.24, 2.45) is 5.92 Å². The Hall–Kier alpha value is -0.870. The highest BCUT2D eigenvalue weighted by Gasteiger charge is 2.20. The molecule has 1 aromatic carbocycles. The fraction of sp³-hybridized carbons (Fsp3) is 0.500. The van der Waals surface area contributed by atoms with Gasteiger partial charge in [-0.25, -0.2) is 0 Å². The Morgan fingerprint density at radius 1 is 1.44 bits per heavy atom. The van der Waals surface area contributed by atoms with Crippen LogP contribution >= 0.6 is 15.9 Å². The van der Waals surface area contributed by atoms with Gasteiger partial charge in [0.05, 0.1) is 0 Å². The van der Waals surface area contributed by atoms with Crippen molar-refractivity contribution in [2.75, 3.05) is 27.8 Å². The van der Waals surface area contributed by atoms with Gasteiger partial charge in [0.2, 0.25) is 5.91 Å². The summed E-state index contributed by atoms with van der Waals surface area (Å²) in [4.78, 5) is 13.7. The average Bonchev–Trinajstić information content (AvgIpc) is 2.33. The quantitative estimate of drug-likeness (QED) is 0.808. The number of ether oxygens (including phenoxy) is 1. The van der Waals surface area contributed by atoms with Crippen molar-refractivity contribution in [3.8, 4) is 0 Å². The molecule has 0 aliphatic rings. The molecule has 0 saturated carbocycles. The topological polar surface area (TPSA) is 29.5 Å². The summed E-state index contributed by atoms with van der Waals surface area (Å²) in [6, 6.07) is 8.09. The van der Waals surface area contributed by atoms with Crippen LogP contribution < -0.4 is 0 Å². The maximum Gasteiger partial charge on any atom is 0.225 e. The summed E-state index contributed by atoms with van der Waals surface area (Å²) in [6.07, 6.45) is 1.50. The molecular formula is C14H20BrNO2. The van der Waals surface area contributed by atoms with E-state index in [9.17, 15) is 4.79 Å². The van der Waals surface area contributed by atoms with Crippen molar-refractivity contribution in [1.82, 2.24) is 4.90 Å². The second-order valence-electron chi connectivity index (χ2n) is 4.55. The first-order valence-corrected chi connectivity index (χ1v) is 6.78. The van der Waals surface area contributed by atoms with Crippen molar-refractivity contribution in [3.63, 3.8) is 0 Å². The summed E-state index contributed by atoms with van der Waals surface area (Å²) in [6.45, 7) is 0.609. The minimum absolute atomic E-state index is 0.0192. The molecule has 0 heterocycles. The predicted octanol–water partition coefficient (Wildman–Crippen LogP) is 2.73. The Morgan fingerprint density at radius 3 is 2.72 bits per heavy atom. The number of amides is 1. The number of benzene rings is 1. The molecule has 0 N–H and O–H groups in total. The zero-order chi connectivity index (χ0) is 13.5.